The Hall–Kier alpha value is -2.02. The summed E-state index contributed by atoms with van der Waals surface area (Å²) in [7, 11) is 0. The highest BCUT2D eigenvalue weighted by Crippen LogP contribution is 2.35. The van der Waals surface area contributed by atoms with Crippen molar-refractivity contribution in [1.29, 1.82) is 0 Å². The maximum absolute atomic E-state index is 11.8. The van der Waals surface area contributed by atoms with E-state index in [1.807, 2.05) is 0 Å². The highest BCUT2D eigenvalue weighted by molar-refractivity contribution is 4.99. The first kappa shape index (κ1) is 14.6. The van der Waals surface area contributed by atoms with Crippen LogP contribution in [0.4, 0.5) is 0 Å². The van der Waals surface area contributed by atoms with Crippen LogP contribution < -0.4 is 5.56 Å². The van der Waals surface area contributed by atoms with Crippen molar-refractivity contribution in [2.45, 2.75) is 57.2 Å². The molecule has 1 saturated heterocycles. The molecule has 0 radical (unpaired) electrons. The SMILES string of the molecule is O=c1cccnn1CC1CCCN1Cc1noc(C2CCC2)n1. The second kappa shape index (κ2) is 6.23. The molecule has 1 unspecified atom stereocenters. The Morgan fingerprint density at radius 2 is 2.17 bits per heavy atom. The van der Waals surface area contributed by atoms with Crippen molar-refractivity contribution in [2.24, 2.45) is 0 Å². The second-order valence-corrected chi connectivity index (χ2v) is 6.49. The van der Waals surface area contributed by atoms with Crippen LogP contribution in [-0.4, -0.2) is 37.4 Å². The van der Waals surface area contributed by atoms with Gasteiger partial charge in [-0.3, -0.25) is 9.69 Å². The van der Waals surface area contributed by atoms with Gasteiger partial charge in [-0.05, 0) is 38.3 Å². The van der Waals surface area contributed by atoms with Gasteiger partial charge in [0, 0.05) is 24.2 Å². The second-order valence-electron chi connectivity index (χ2n) is 6.49. The molecule has 0 aromatic carbocycles. The zero-order valence-corrected chi connectivity index (χ0v) is 13.1. The van der Waals surface area contributed by atoms with E-state index in [0.29, 0.717) is 25.0 Å². The topological polar surface area (TPSA) is 77.0 Å². The van der Waals surface area contributed by atoms with E-state index in [2.05, 4.69) is 20.1 Å². The number of hydrogen-bond donors (Lipinski definition) is 0. The van der Waals surface area contributed by atoms with Crippen LogP contribution in [0.5, 0.6) is 0 Å². The molecular formula is C16H21N5O2. The van der Waals surface area contributed by atoms with Crippen molar-refractivity contribution in [2.75, 3.05) is 6.54 Å². The zero-order valence-electron chi connectivity index (χ0n) is 13.1. The molecule has 0 bridgehead atoms. The lowest BCUT2D eigenvalue weighted by Crippen LogP contribution is -2.36. The molecule has 2 aromatic heterocycles. The number of aromatic nitrogens is 4. The Morgan fingerprint density at radius 3 is 2.96 bits per heavy atom. The van der Waals surface area contributed by atoms with Gasteiger partial charge >= 0.3 is 0 Å². The molecule has 122 valence electrons. The van der Waals surface area contributed by atoms with Crippen LogP contribution in [-0.2, 0) is 13.1 Å². The molecule has 1 saturated carbocycles. The van der Waals surface area contributed by atoms with Gasteiger partial charge in [0.2, 0.25) is 5.89 Å². The monoisotopic (exact) mass is 315 g/mol. The van der Waals surface area contributed by atoms with Crippen molar-refractivity contribution < 1.29 is 4.52 Å². The van der Waals surface area contributed by atoms with Gasteiger partial charge in [0.25, 0.3) is 5.56 Å². The Morgan fingerprint density at radius 1 is 1.26 bits per heavy atom. The van der Waals surface area contributed by atoms with E-state index in [1.54, 1.807) is 23.0 Å². The molecule has 2 aromatic rings. The van der Waals surface area contributed by atoms with Gasteiger partial charge < -0.3 is 4.52 Å². The maximum Gasteiger partial charge on any atom is 0.266 e. The van der Waals surface area contributed by atoms with Crippen molar-refractivity contribution in [3.63, 3.8) is 0 Å². The Bertz CT molecular complexity index is 721. The predicted octanol–water partition coefficient (Wildman–Crippen LogP) is 1.56. The summed E-state index contributed by atoms with van der Waals surface area (Å²) >= 11 is 0. The standard InChI is InChI=1S/C16H21N5O2/c22-15-7-2-8-17-21(15)10-13-6-3-9-20(13)11-14-18-16(23-19-14)12-4-1-5-12/h2,7-8,12-13H,1,3-6,9-11H2. The first-order valence-electron chi connectivity index (χ1n) is 8.38. The molecule has 0 spiro atoms. The van der Waals surface area contributed by atoms with E-state index in [0.717, 1.165) is 43.9 Å². The zero-order chi connectivity index (χ0) is 15.6. The summed E-state index contributed by atoms with van der Waals surface area (Å²) in [6.45, 7) is 2.30. The van der Waals surface area contributed by atoms with Gasteiger partial charge in [0.05, 0.1) is 13.1 Å². The Balaban J connectivity index is 1.42. The lowest BCUT2D eigenvalue weighted by atomic mass is 9.85. The van der Waals surface area contributed by atoms with Crippen LogP contribution >= 0.6 is 0 Å². The van der Waals surface area contributed by atoms with Crippen LogP contribution in [0.1, 0.15) is 49.7 Å². The molecule has 0 amide bonds. The van der Waals surface area contributed by atoms with E-state index >= 15 is 0 Å². The third-order valence-corrected chi connectivity index (χ3v) is 4.95. The summed E-state index contributed by atoms with van der Waals surface area (Å²) in [6, 6.07) is 3.52. The fourth-order valence-electron chi connectivity index (χ4n) is 3.37. The van der Waals surface area contributed by atoms with Gasteiger partial charge in [-0.2, -0.15) is 10.1 Å². The largest absolute Gasteiger partial charge is 0.339 e. The Kier molecular flexibility index (Phi) is 3.95. The average Bonchev–Trinajstić information content (AvgIpc) is 3.11. The third kappa shape index (κ3) is 3.06. The van der Waals surface area contributed by atoms with Gasteiger partial charge in [-0.1, -0.05) is 11.6 Å². The molecule has 1 atom stereocenters. The van der Waals surface area contributed by atoms with Crippen LogP contribution in [0.3, 0.4) is 0 Å². The van der Waals surface area contributed by atoms with Gasteiger partial charge in [0.15, 0.2) is 5.82 Å². The van der Waals surface area contributed by atoms with E-state index in [-0.39, 0.29) is 5.56 Å². The molecule has 0 N–H and O–H groups in total. The summed E-state index contributed by atoms with van der Waals surface area (Å²) < 4.78 is 6.94. The molecule has 4 rings (SSSR count). The molecule has 7 nitrogen and oxygen atoms in total. The molecule has 1 aliphatic heterocycles. The summed E-state index contributed by atoms with van der Waals surface area (Å²) in [4.78, 5) is 18.7. The minimum Gasteiger partial charge on any atom is -0.339 e. The molecular weight excluding hydrogens is 294 g/mol. The molecule has 23 heavy (non-hydrogen) atoms. The third-order valence-electron chi connectivity index (χ3n) is 4.95. The number of likely N-dealkylation sites (tertiary alicyclic amines) is 1. The van der Waals surface area contributed by atoms with Gasteiger partial charge in [-0.15, -0.1) is 0 Å². The van der Waals surface area contributed by atoms with E-state index in [1.165, 1.54) is 6.42 Å². The minimum atomic E-state index is -0.0498. The lowest BCUT2D eigenvalue weighted by Gasteiger charge is -2.23. The average molecular weight is 315 g/mol. The van der Waals surface area contributed by atoms with Gasteiger partial charge in [0.1, 0.15) is 0 Å². The summed E-state index contributed by atoms with van der Waals surface area (Å²) in [5.74, 6) is 2.02. The first-order chi connectivity index (χ1) is 11.3. The fraction of sp³-hybridized carbons (Fsp3) is 0.625. The van der Waals surface area contributed by atoms with E-state index < -0.39 is 0 Å². The number of nitrogens with zero attached hydrogens (tertiary/aromatic N) is 5. The summed E-state index contributed by atoms with van der Waals surface area (Å²) in [5, 5.41) is 8.29. The van der Waals surface area contributed by atoms with Crippen LogP contribution in [0.25, 0.3) is 0 Å². The smallest absolute Gasteiger partial charge is 0.266 e. The summed E-state index contributed by atoms with van der Waals surface area (Å²) in [6.07, 6.45) is 7.43. The van der Waals surface area contributed by atoms with Crippen molar-refractivity contribution in [1.82, 2.24) is 24.8 Å². The van der Waals surface area contributed by atoms with Crippen molar-refractivity contribution in [3.05, 3.63) is 40.4 Å². The first-order valence-corrected chi connectivity index (χ1v) is 8.38. The van der Waals surface area contributed by atoms with Crippen LogP contribution in [0.15, 0.2) is 27.6 Å². The van der Waals surface area contributed by atoms with Crippen LogP contribution in [0.2, 0.25) is 0 Å². The quantitative estimate of drug-likeness (QED) is 0.833. The lowest BCUT2D eigenvalue weighted by molar-refractivity contribution is 0.209. The van der Waals surface area contributed by atoms with Crippen molar-refractivity contribution >= 4 is 0 Å². The minimum absolute atomic E-state index is 0.0498. The molecule has 2 aliphatic rings. The predicted molar refractivity (Wildman–Crippen MR) is 82.8 cm³/mol. The van der Waals surface area contributed by atoms with Crippen LogP contribution in [0, 0.1) is 0 Å². The molecule has 3 heterocycles. The van der Waals surface area contributed by atoms with Crippen molar-refractivity contribution in [3.8, 4) is 0 Å². The maximum atomic E-state index is 11.8. The van der Waals surface area contributed by atoms with E-state index in [4.69, 9.17) is 4.52 Å². The highest BCUT2D eigenvalue weighted by Gasteiger charge is 2.29. The summed E-state index contributed by atoms with van der Waals surface area (Å²) in [5.41, 5.74) is -0.0498. The fourth-order valence-corrected chi connectivity index (χ4v) is 3.37. The number of rotatable bonds is 5. The molecule has 2 fully saturated rings. The number of hydrogen-bond acceptors (Lipinski definition) is 6. The molecule has 7 heteroatoms. The van der Waals surface area contributed by atoms with E-state index in [9.17, 15) is 4.79 Å². The Labute approximate surface area is 134 Å². The van der Waals surface area contributed by atoms with Gasteiger partial charge in [-0.25, -0.2) is 4.68 Å². The normalized spacial score (nSPS) is 22.3. The highest BCUT2D eigenvalue weighted by atomic mass is 16.5. The molecule has 1 aliphatic carbocycles.